The molecular formula is C14H17N3. The van der Waals surface area contributed by atoms with Crippen LogP contribution >= 0.6 is 0 Å². The molecule has 88 valence electrons. The van der Waals surface area contributed by atoms with Gasteiger partial charge in [0.05, 0.1) is 5.52 Å². The highest BCUT2D eigenvalue weighted by Crippen LogP contribution is 2.27. The lowest BCUT2D eigenvalue weighted by atomic mass is 10.1. The maximum absolute atomic E-state index is 4.51. The van der Waals surface area contributed by atoms with E-state index in [2.05, 4.69) is 40.0 Å². The third-order valence-electron chi connectivity index (χ3n) is 3.51. The van der Waals surface area contributed by atoms with Crippen LogP contribution in [0.15, 0.2) is 24.5 Å². The van der Waals surface area contributed by atoms with Gasteiger partial charge in [-0.25, -0.2) is 9.97 Å². The van der Waals surface area contributed by atoms with Crippen molar-refractivity contribution in [1.29, 1.82) is 0 Å². The second kappa shape index (κ2) is 4.32. The second-order valence-electron chi connectivity index (χ2n) is 4.71. The first kappa shape index (κ1) is 10.5. The number of piperidine rings is 1. The number of rotatable bonds is 1. The number of anilines is 1. The Morgan fingerprint density at radius 3 is 2.71 bits per heavy atom. The summed E-state index contributed by atoms with van der Waals surface area (Å²) in [5.41, 5.74) is 2.32. The van der Waals surface area contributed by atoms with Crippen molar-refractivity contribution in [2.75, 3.05) is 18.0 Å². The summed E-state index contributed by atoms with van der Waals surface area (Å²) < 4.78 is 0. The molecule has 0 amide bonds. The molecule has 1 fully saturated rings. The summed E-state index contributed by atoms with van der Waals surface area (Å²) in [7, 11) is 0. The molecule has 17 heavy (non-hydrogen) atoms. The van der Waals surface area contributed by atoms with Gasteiger partial charge in [0.25, 0.3) is 0 Å². The molecule has 3 rings (SSSR count). The summed E-state index contributed by atoms with van der Waals surface area (Å²) in [6.45, 7) is 4.39. The van der Waals surface area contributed by atoms with Gasteiger partial charge in [0.15, 0.2) is 0 Å². The maximum Gasteiger partial charge on any atom is 0.140 e. The molecule has 0 saturated carbocycles. The van der Waals surface area contributed by atoms with Gasteiger partial charge in [0, 0.05) is 18.5 Å². The zero-order valence-electron chi connectivity index (χ0n) is 10.2. The minimum absolute atomic E-state index is 1.06. The molecule has 3 heteroatoms. The minimum Gasteiger partial charge on any atom is -0.356 e. The molecule has 1 aliphatic rings. The molecule has 1 aliphatic heterocycles. The number of fused-ring (bicyclic) bond motifs is 1. The molecule has 1 aromatic carbocycles. The highest BCUT2D eigenvalue weighted by atomic mass is 15.2. The topological polar surface area (TPSA) is 29.0 Å². The molecule has 0 radical (unpaired) electrons. The largest absolute Gasteiger partial charge is 0.356 e. The summed E-state index contributed by atoms with van der Waals surface area (Å²) in [5.74, 6) is 1.12. The van der Waals surface area contributed by atoms with E-state index in [-0.39, 0.29) is 0 Å². The molecular weight excluding hydrogens is 210 g/mol. The first-order valence-electron chi connectivity index (χ1n) is 6.31. The average molecular weight is 227 g/mol. The van der Waals surface area contributed by atoms with E-state index in [1.807, 2.05) is 0 Å². The lowest BCUT2D eigenvalue weighted by Gasteiger charge is -2.28. The van der Waals surface area contributed by atoms with E-state index in [0.29, 0.717) is 0 Å². The average Bonchev–Trinajstić information content (AvgIpc) is 2.39. The Balaban J connectivity index is 2.14. The van der Waals surface area contributed by atoms with Crippen molar-refractivity contribution in [3.63, 3.8) is 0 Å². The third kappa shape index (κ3) is 1.86. The first-order valence-corrected chi connectivity index (χ1v) is 6.31. The summed E-state index contributed by atoms with van der Waals surface area (Å²) in [4.78, 5) is 11.3. The van der Waals surface area contributed by atoms with Crippen LogP contribution in [-0.4, -0.2) is 23.1 Å². The summed E-state index contributed by atoms with van der Waals surface area (Å²) in [6.07, 6.45) is 5.58. The van der Waals surface area contributed by atoms with Gasteiger partial charge in [-0.2, -0.15) is 0 Å². The fourth-order valence-corrected chi connectivity index (χ4v) is 2.61. The van der Waals surface area contributed by atoms with Gasteiger partial charge < -0.3 is 4.90 Å². The second-order valence-corrected chi connectivity index (χ2v) is 4.71. The Labute approximate surface area is 101 Å². The van der Waals surface area contributed by atoms with Crippen molar-refractivity contribution in [2.24, 2.45) is 0 Å². The van der Waals surface area contributed by atoms with Crippen molar-refractivity contribution in [2.45, 2.75) is 26.2 Å². The van der Waals surface area contributed by atoms with Crippen molar-refractivity contribution in [1.82, 2.24) is 9.97 Å². The number of hydrogen-bond acceptors (Lipinski definition) is 3. The Kier molecular flexibility index (Phi) is 2.67. The molecule has 3 nitrogen and oxygen atoms in total. The van der Waals surface area contributed by atoms with Crippen LogP contribution in [-0.2, 0) is 0 Å². The molecule has 1 aromatic heterocycles. The van der Waals surface area contributed by atoms with Crippen molar-refractivity contribution < 1.29 is 0 Å². The zero-order chi connectivity index (χ0) is 11.7. The SMILES string of the molecule is Cc1cccc2ncnc(N3CCCCC3)c12. The lowest BCUT2D eigenvalue weighted by molar-refractivity contribution is 0.574. The van der Waals surface area contributed by atoms with Gasteiger partial charge in [-0.3, -0.25) is 0 Å². The molecule has 1 saturated heterocycles. The predicted molar refractivity (Wildman–Crippen MR) is 70.3 cm³/mol. The van der Waals surface area contributed by atoms with E-state index in [1.54, 1.807) is 6.33 Å². The van der Waals surface area contributed by atoms with Crippen LogP contribution in [0.2, 0.25) is 0 Å². The smallest absolute Gasteiger partial charge is 0.140 e. The summed E-state index contributed by atoms with van der Waals surface area (Å²) >= 11 is 0. The Morgan fingerprint density at radius 2 is 1.88 bits per heavy atom. The first-order chi connectivity index (χ1) is 8.36. The third-order valence-corrected chi connectivity index (χ3v) is 3.51. The Bertz CT molecular complexity index is 525. The molecule has 0 atom stereocenters. The number of benzene rings is 1. The van der Waals surface area contributed by atoms with Crippen LogP contribution in [0, 0.1) is 6.92 Å². The summed E-state index contributed by atoms with van der Waals surface area (Å²) in [6, 6.07) is 6.27. The number of nitrogens with zero attached hydrogens (tertiary/aromatic N) is 3. The standard InChI is InChI=1S/C14H17N3/c1-11-6-5-7-12-13(11)14(16-10-15-12)17-8-3-2-4-9-17/h5-7,10H,2-4,8-9H2,1H3. The van der Waals surface area contributed by atoms with E-state index in [1.165, 1.54) is 30.2 Å². The maximum atomic E-state index is 4.51. The van der Waals surface area contributed by atoms with Gasteiger partial charge in [0.2, 0.25) is 0 Å². The monoisotopic (exact) mass is 227 g/mol. The van der Waals surface area contributed by atoms with Crippen LogP contribution in [0.1, 0.15) is 24.8 Å². The Morgan fingerprint density at radius 1 is 1.06 bits per heavy atom. The van der Waals surface area contributed by atoms with E-state index >= 15 is 0 Å². The van der Waals surface area contributed by atoms with E-state index in [0.717, 1.165) is 24.4 Å². The molecule has 0 unspecified atom stereocenters. The van der Waals surface area contributed by atoms with Gasteiger partial charge in [-0.15, -0.1) is 0 Å². The highest BCUT2D eigenvalue weighted by molar-refractivity contribution is 5.92. The van der Waals surface area contributed by atoms with Crippen molar-refractivity contribution in [3.8, 4) is 0 Å². The highest BCUT2D eigenvalue weighted by Gasteiger charge is 2.15. The molecule has 0 N–H and O–H groups in total. The quantitative estimate of drug-likeness (QED) is 0.750. The van der Waals surface area contributed by atoms with Crippen LogP contribution in [0.25, 0.3) is 10.9 Å². The van der Waals surface area contributed by atoms with E-state index in [9.17, 15) is 0 Å². The zero-order valence-corrected chi connectivity index (χ0v) is 10.2. The molecule has 0 spiro atoms. The van der Waals surface area contributed by atoms with Crippen molar-refractivity contribution in [3.05, 3.63) is 30.1 Å². The van der Waals surface area contributed by atoms with Crippen LogP contribution in [0.3, 0.4) is 0 Å². The van der Waals surface area contributed by atoms with Crippen LogP contribution < -0.4 is 4.90 Å². The predicted octanol–water partition coefficient (Wildman–Crippen LogP) is 2.93. The van der Waals surface area contributed by atoms with Crippen LogP contribution in [0.4, 0.5) is 5.82 Å². The normalized spacial score (nSPS) is 16.4. The number of aromatic nitrogens is 2. The fraction of sp³-hybridized carbons (Fsp3) is 0.429. The van der Waals surface area contributed by atoms with Gasteiger partial charge in [-0.1, -0.05) is 12.1 Å². The minimum atomic E-state index is 1.06. The number of aryl methyl sites for hydroxylation is 1. The molecule has 2 heterocycles. The van der Waals surface area contributed by atoms with Gasteiger partial charge in [0.1, 0.15) is 12.1 Å². The van der Waals surface area contributed by atoms with Gasteiger partial charge >= 0.3 is 0 Å². The van der Waals surface area contributed by atoms with Gasteiger partial charge in [-0.05, 0) is 37.8 Å². The van der Waals surface area contributed by atoms with E-state index < -0.39 is 0 Å². The molecule has 0 bridgehead atoms. The molecule has 0 aliphatic carbocycles. The fourth-order valence-electron chi connectivity index (χ4n) is 2.61. The van der Waals surface area contributed by atoms with Crippen molar-refractivity contribution >= 4 is 16.7 Å². The summed E-state index contributed by atoms with van der Waals surface area (Å²) in [5, 5.41) is 1.22. The lowest BCUT2D eigenvalue weighted by Crippen LogP contribution is -2.30. The Hall–Kier alpha value is -1.64. The van der Waals surface area contributed by atoms with E-state index in [4.69, 9.17) is 0 Å². The molecule has 2 aromatic rings. The number of hydrogen-bond donors (Lipinski definition) is 0. The van der Waals surface area contributed by atoms with Crippen LogP contribution in [0.5, 0.6) is 0 Å².